The Morgan fingerprint density at radius 1 is 1.43 bits per heavy atom. The molecule has 0 bridgehead atoms. The van der Waals surface area contributed by atoms with Gasteiger partial charge in [0.2, 0.25) is 12.3 Å². The van der Waals surface area contributed by atoms with Crippen molar-refractivity contribution < 1.29 is 14.0 Å². The normalized spacial score (nSPS) is 11.9. The molecule has 1 heterocycles. The van der Waals surface area contributed by atoms with Gasteiger partial charge in [0.15, 0.2) is 0 Å². The Morgan fingerprint density at radius 3 is 2.76 bits per heavy atom. The third-order valence-electron chi connectivity index (χ3n) is 2.90. The van der Waals surface area contributed by atoms with E-state index in [1.165, 1.54) is 23.5 Å². The van der Waals surface area contributed by atoms with Crippen LogP contribution in [0.4, 0.5) is 4.39 Å². The van der Waals surface area contributed by atoms with Crippen LogP contribution in [0.15, 0.2) is 30.5 Å². The molecule has 0 saturated heterocycles. The molecule has 2 aromatic rings. The second-order valence-electron chi connectivity index (χ2n) is 4.41. The maximum atomic E-state index is 12.9. The molecule has 21 heavy (non-hydrogen) atoms. The zero-order valence-corrected chi connectivity index (χ0v) is 11.9. The third-order valence-corrected chi connectivity index (χ3v) is 4.06. The third kappa shape index (κ3) is 4.09. The first-order chi connectivity index (χ1) is 10.1. The number of rotatable bonds is 7. The van der Waals surface area contributed by atoms with Gasteiger partial charge in [-0.25, -0.2) is 9.37 Å². The van der Waals surface area contributed by atoms with E-state index in [0.29, 0.717) is 17.8 Å². The van der Waals surface area contributed by atoms with Crippen LogP contribution in [0, 0.1) is 5.82 Å². The summed E-state index contributed by atoms with van der Waals surface area (Å²) in [6.45, 7) is 0. The SMILES string of the molecule is NC(=O)CCC(NC=O)c1ncc(-c2ccc(F)cc2)s1. The number of amides is 2. The number of benzene rings is 1. The highest BCUT2D eigenvalue weighted by Crippen LogP contribution is 2.30. The van der Waals surface area contributed by atoms with Gasteiger partial charge < -0.3 is 11.1 Å². The van der Waals surface area contributed by atoms with E-state index in [1.807, 2.05) is 0 Å². The van der Waals surface area contributed by atoms with Crippen molar-refractivity contribution in [3.63, 3.8) is 0 Å². The van der Waals surface area contributed by atoms with Gasteiger partial charge in [-0.1, -0.05) is 12.1 Å². The smallest absolute Gasteiger partial charge is 0.217 e. The van der Waals surface area contributed by atoms with E-state index < -0.39 is 5.91 Å². The maximum Gasteiger partial charge on any atom is 0.217 e. The number of nitrogens with one attached hydrogen (secondary N) is 1. The fourth-order valence-corrected chi connectivity index (χ4v) is 2.86. The molecule has 7 heteroatoms. The number of halogens is 1. The van der Waals surface area contributed by atoms with Gasteiger partial charge in [0.25, 0.3) is 0 Å². The van der Waals surface area contributed by atoms with Crippen molar-refractivity contribution in [1.82, 2.24) is 10.3 Å². The number of nitrogens with two attached hydrogens (primary N) is 1. The van der Waals surface area contributed by atoms with Crippen LogP contribution in [0.25, 0.3) is 10.4 Å². The zero-order chi connectivity index (χ0) is 15.2. The maximum absolute atomic E-state index is 12.9. The molecule has 0 radical (unpaired) electrons. The molecule has 1 unspecified atom stereocenters. The summed E-state index contributed by atoms with van der Waals surface area (Å²) in [6, 6.07) is 5.73. The minimum atomic E-state index is -0.428. The summed E-state index contributed by atoms with van der Waals surface area (Å²) in [6.07, 6.45) is 2.79. The first-order valence-corrected chi connectivity index (χ1v) is 7.11. The topological polar surface area (TPSA) is 85.1 Å². The number of nitrogens with zero attached hydrogens (tertiary/aromatic N) is 1. The molecule has 0 aliphatic carbocycles. The number of carbonyl (C=O) groups excluding carboxylic acids is 2. The summed E-state index contributed by atoms with van der Waals surface area (Å²) in [4.78, 5) is 26.6. The highest BCUT2D eigenvalue weighted by Gasteiger charge is 2.16. The molecule has 5 nitrogen and oxygen atoms in total. The fraction of sp³-hybridized carbons (Fsp3) is 0.214. The molecule has 0 aliphatic heterocycles. The average Bonchev–Trinajstić information content (AvgIpc) is 2.93. The van der Waals surface area contributed by atoms with Crippen LogP contribution in [0.2, 0.25) is 0 Å². The van der Waals surface area contributed by atoms with Crippen LogP contribution < -0.4 is 11.1 Å². The van der Waals surface area contributed by atoms with E-state index >= 15 is 0 Å². The Hall–Kier alpha value is -2.28. The largest absolute Gasteiger partial charge is 0.370 e. The Morgan fingerprint density at radius 2 is 2.14 bits per heavy atom. The standard InChI is InChI=1S/C14H14FN3O2S/c15-10-3-1-9(2-4-10)12-7-17-14(21-12)11(18-8-19)5-6-13(16)20/h1-4,7-8,11H,5-6H2,(H2,16,20)(H,18,19). The summed E-state index contributed by atoms with van der Waals surface area (Å²) in [5.74, 6) is -0.728. The number of thiazole rings is 1. The molecule has 0 aliphatic rings. The number of hydrogen-bond acceptors (Lipinski definition) is 4. The predicted molar refractivity (Wildman–Crippen MR) is 77.9 cm³/mol. The Kier molecular flexibility index (Phi) is 4.99. The van der Waals surface area contributed by atoms with Crippen molar-refractivity contribution in [1.29, 1.82) is 0 Å². The Labute approximate surface area is 125 Å². The van der Waals surface area contributed by atoms with Gasteiger partial charge in [0.05, 0.1) is 10.9 Å². The van der Waals surface area contributed by atoms with Crippen LogP contribution in [0.5, 0.6) is 0 Å². The van der Waals surface area contributed by atoms with Gasteiger partial charge in [-0.3, -0.25) is 9.59 Å². The number of primary amides is 1. The molecule has 0 saturated carbocycles. The molecular formula is C14H14FN3O2S. The number of aromatic nitrogens is 1. The monoisotopic (exact) mass is 307 g/mol. The number of hydrogen-bond donors (Lipinski definition) is 2. The van der Waals surface area contributed by atoms with Crippen molar-refractivity contribution >= 4 is 23.7 Å². The first kappa shape index (κ1) is 15.1. The lowest BCUT2D eigenvalue weighted by atomic mass is 10.1. The van der Waals surface area contributed by atoms with Crippen LogP contribution >= 0.6 is 11.3 Å². The molecule has 1 aromatic heterocycles. The van der Waals surface area contributed by atoms with E-state index in [4.69, 9.17) is 5.73 Å². The first-order valence-electron chi connectivity index (χ1n) is 6.30. The highest BCUT2D eigenvalue weighted by atomic mass is 32.1. The molecule has 3 N–H and O–H groups in total. The molecule has 2 amide bonds. The lowest BCUT2D eigenvalue weighted by molar-refractivity contribution is -0.118. The van der Waals surface area contributed by atoms with Gasteiger partial charge in [-0.15, -0.1) is 11.3 Å². The molecule has 0 fully saturated rings. The minimum Gasteiger partial charge on any atom is -0.370 e. The summed E-state index contributed by atoms with van der Waals surface area (Å²) < 4.78 is 12.9. The summed E-state index contributed by atoms with van der Waals surface area (Å²) in [5.41, 5.74) is 5.96. The van der Waals surface area contributed by atoms with Crippen LogP contribution in [-0.4, -0.2) is 17.3 Å². The average molecular weight is 307 g/mol. The van der Waals surface area contributed by atoms with Gasteiger partial charge in [-0.05, 0) is 24.1 Å². The van der Waals surface area contributed by atoms with Crippen molar-refractivity contribution in [2.75, 3.05) is 0 Å². The second kappa shape index (κ2) is 6.94. The van der Waals surface area contributed by atoms with Gasteiger partial charge in [-0.2, -0.15) is 0 Å². The number of carbonyl (C=O) groups is 2. The van der Waals surface area contributed by atoms with E-state index in [0.717, 1.165) is 10.4 Å². The second-order valence-corrected chi connectivity index (χ2v) is 5.47. The zero-order valence-electron chi connectivity index (χ0n) is 11.1. The van der Waals surface area contributed by atoms with Gasteiger partial charge >= 0.3 is 0 Å². The fourth-order valence-electron chi connectivity index (χ4n) is 1.84. The molecule has 0 spiro atoms. The minimum absolute atomic E-state index is 0.164. The van der Waals surface area contributed by atoms with Crippen LogP contribution in [0.1, 0.15) is 23.9 Å². The lowest BCUT2D eigenvalue weighted by Crippen LogP contribution is -2.22. The van der Waals surface area contributed by atoms with E-state index in [1.54, 1.807) is 18.3 Å². The summed E-state index contributed by atoms with van der Waals surface area (Å²) in [5, 5.41) is 3.31. The molecule has 1 aromatic carbocycles. The van der Waals surface area contributed by atoms with Crippen LogP contribution in [0.3, 0.4) is 0 Å². The van der Waals surface area contributed by atoms with Crippen LogP contribution in [-0.2, 0) is 9.59 Å². The molecular weight excluding hydrogens is 293 g/mol. The van der Waals surface area contributed by atoms with E-state index in [-0.39, 0.29) is 18.3 Å². The van der Waals surface area contributed by atoms with Gasteiger partial charge in [0, 0.05) is 12.6 Å². The van der Waals surface area contributed by atoms with Crippen molar-refractivity contribution in [2.45, 2.75) is 18.9 Å². The summed E-state index contributed by atoms with van der Waals surface area (Å²) >= 11 is 1.38. The summed E-state index contributed by atoms with van der Waals surface area (Å²) in [7, 11) is 0. The molecule has 1 atom stereocenters. The lowest BCUT2D eigenvalue weighted by Gasteiger charge is -2.11. The Balaban J connectivity index is 2.17. The van der Waals surface area contributed by atoms with Gasteiger partial charge in [0.1, 0.15) is 10.8 Å². The molecule has 110 valence electrons. The van der Waals surface area contributed by atoms with Crippen molar-refractivity contribution in [3.05, 3.63) is 41.3 Å². The molecule has 2 rings (SSSR count). The quantitative estimate of drug-likeness (QED) is 0.767. The van der Waals surface area contributed by atoms with E-state index in [9.17, 15) is 14.0 Å². The highest BCUT2D eigenvalue weighted by molar-refractivity contribution is 7.15. The van der Waals surface area contributed by atoms with E-state index in [2.05, 4.69) is 10.3 Å². The predicted octanol–water partition coefficient (Wildman–Crippen LogP) is 2.00. The Bertz CT molecular complexity index is 627. The van der Waals surface area contributed by atoms with Crippen molar-refractivity contribution in [3.8, 4) is 10.4 Å². The van der Waals surface area contributed by atoms with Crippen molar-refractivity contribution in [2.24, 2.45) is 5.73 Å².